The van der Waals surface area contributed by atoms with Gasteiger partial charge < -0.3 is 20.6 Å². The molecule has 0 fully saturated rings. The molecular formula is C26H35ClN4O3. The third-order valence-electron chi connectivity index (χ3n) is 5.23. The molecule has 2 aromatic rings. The zero-order valence-corrected chi connectivity index (χ0v) is 21.8. The number of hydrogen-bond donors (Lipinski definition) is 2. The number of anilines is 1. The number of carbonyl (C=O) groups excluding carboxylic acids is 1. The molecule has 0 aliphatic carbocycles. The Labute approximate surface area is 207 Å². The number of hydrazone groups is 1. The molecule has 1 amide bonds. The highest BCUT2D eigenvalue weighted by Gasteiger charge is 2.21. The SMILES string of the molecule is CCCC(C)Oc1ccc(C(C)(C)C)cc1NC(=O)/C(=N/N)C(C)=Nc1cc(Cl)ccc1OC. The van der Waals surface area contributed by atoms with Crippen LogP contribution in [-0.2, 0) is 10.2 Å². The van der Waals surface area contributed by atoms with E-state index in [1.54, 1.807) is 25.1 Å². The summed E-state index contributed by atoms with van der Waals surface area (Å²) in [6.45, 7) is 12.1. The lowest BCUT2D eigenvalue weighted by molar-refractivity contribution is -0.110. The summed E-state index contributed by atoms with van der Waals surface area (Å²) >= 11 is 6.10. The number of rotatable bonds is 9. The van der Waals surface area contributed by atoms with E-state index >= 15 is 0 Å². The zero-order chi connectivity index (χ0) is 25.5. The van der Waals surface area contributed by atoms with Gasteiger partial charge in [-0.3, -0.25) is 4.79 Å². The molecule has 0 spiro atoms. The van der Waals surface area contributed by atoms with Crippen molar-refractivity contribution in [1.29, 1.82) is 0 Å². The Morgan fingerprint density at radius 1 is 1.18 bits per heavy atom. The first-order chi connectivity index (χ1) is 16.0. The Morgan fingerprint density at radius 2 is 1.85 bits per heavy atom. The fraction of sp³-hybridized carbons (Fsp3) is 0.423. The Bertz CT molecular complexity index is 1070. The van der Waals surface area contributed by atoms with E-state index in [9.17, 15) is 4.79 Å². The molecule has 7 nitrogen and oxygen atoms in total. The number of ether oxygens (including phenoxy) is 2. The van der Waals surface area contributed by atoms with Crippen molar-refractivity contribution in [1.82, 2.24) is 0 Å². The van der Waals surface area contributed by atoms with Crippen molar-refractivity contribution in [3.8, 4) is 11.5 Å². The maximum Gasteiger partial charge on any atom is 0.278 e. The third kappa shape index (κ3) is 7.22. The van der Waals surface area contributed by atoms with Crippen LogP contribution in [0.15, 0.2) is 46.5 Å². The van der Waals surface area contributed by atoms with Crippen LogP contribution >= 0.6 is 11.6 Å². The van der Waals surface area contributed by atoms with Gasteiger partial charge in [0.1, 0.15) is 17.2 Å². The monoisotopic (exact) mass is 486 g/mol. The Hall–Kier alpha value is -3.06. The second-order valence-electron chi connectivity index (χ2n) is 9.12. The molecule has 1 atom stereocenters. The number of benzene rings is 2. The molecule has 0 heterocycles. The van der Waals surface area contributed by atoms with Crippen LogP contribution in [0, 0.1) is 0 Å². The molecule has 2 aromatic carbocycles. The highest BCUT2D eigenvalue weighted by atomic mass is 35.5. The number of halogens is 1. The van der Waals surface area contributed by atoms with Gasteiger partial charge >= 0.3 is 0 Å². The van der Waals surface area contributed by atoms with E-state index < -0.39 is 5.91 Å². The van der Waals surface area contributed by atoms with Crippen LogP contribution < -0.4 is 20.6 Å². The maximum atomic E-state index is 13.2. The lowest BCUT2D eigenvalue weighted by atomic mass is 9.87. The van der Waals surface area contributed by atoms with Gasteiger partial charge in [-0.15, -0.1) is 0 Å². The number of nitrogens with two attached hydrogens (primary N) is 1. The van der Waals surface area contributed by atoms with Crippen LogP contribution in [0.2, 0.25) is 5.02 Å². The standard InChI is InChI=1S/C26H35ClN4O3/c1-8-9-16(2)34-23-12-10-18(26(4,5)6)14-20(23)30-25(32)24(31-28)17(3)29-21-15-19(27)11-13-22(21)33-7/h10-16H,8-9,28H2,1-7H3,(H,30,32)/b29-17?,31-24+. The average molecular weight is 487 g/mol. The third-order valence-corrected chi connectivity index (χ3v) is 5.47. The summed E-state index contributed by atoms with van der Waals surface area (Å²) < 4.78 is 11.5. The van der Waals surface area contributed by atoms with Gasteiger partial charge in [-0.2, -0.15) is 5.10 Å². The minimum absolute atomic E-state index is 0.00220. The lowest BCUT2D eigenvalue weighted by Gasteiger charge is -2.23. The number of nitrogens with one attached hydrogen (secondary N) is 1. The summed E-state index contributed by atoms with van der Waals surface area (Å²) in [5.74, 6) is 6.20. The largest absolute Gasteiger partial charge is 0.494 e. The molecule has 1 unspecified atom stereocenters. The predicted molar refractivity (Wildman–Crippen MR) is 141 cm³/mol. The van der Waals surface area contributed by atoms with Crippen LogP contribution in [0.5, 0.6) is 11.5 Å². The van der Waals surface area contributed by atoms with Gasteiger partial charge in [-0.25, -0.2) is 4.99 Å². The highest BCUT2D eigenvalue weighted by Crippen LogP contribution is 2.33. The van der Waals surface area contributed by atoms with E-state index in [2.05, 4.69) is 43.1 Å². The number of methoxy groups -OCH3 is 1. The predicted octanol–water partition coefficient (Wildman–Crippen LogP) is 6.26. The molecule has 184 valence electrons. The highest BCUT2D eigenvalue weighted by molar-refractivity contribution is 6.68. The van der Waals surface area contributed by atoms with Crippen molar-refractivity contribution in [3.05, 3.63) is 47.0 Å². The van der Waals surface area contributed by atoms with Gasteiger partial charge in [-0.05, 0) is 61.6 Å². The van der Waals surface area contributed by atoms with Gasteiger partial charge in [0.15, 0.2) is 5.71 Å². The van der Waals surface area contributed by atoms with Crippen LogP contribution in [0.3, 0.4) is 0 Å². The van der Waals surface area contributed by atoms with Crippen LogP contribution in [0.25, 0.3) is 0 Å². The molecule has 0 saturated heterocycles. The lowest BCUT2D eigenvalue weighted by Crippen LogP contribution is -2.30. The summed E-state index contributed by atoms with van der Waals surface area (Å²) in [6.07, 6.45) is 1.90. The first kappa shape index (κ1) is 27.2. The zero-order valence-electron chi connectivity index (χ0n) is 21.0. The fourth-order valence-corrected chi connectivity index (χ4v) is 3.53. The van der Waals surface area contributed by atoms with Gasteiger partial charge in [0.25, 0.3) is 5.91 Å². The summed E-state index contributed by atoms with van der Waals surface area (Å²) in [6, 6.07) is 10.9. The van der Waals surface area contributed by atoms with E-state index in [0.717, 1.165) is 18.4 Å². The maximum absolute atomic E-state index is 13.2. The first-order valence-corrected chi connectivity index (χ1v) is 11.7. The Balaban J connectivity index is 2.40. The van der Waals surface area contributed by atoms with Gasteiger partial charge in [0.05, 0.1) is 24.6 Å². The Morgan fingerprint density at radius 3 is 2.44 bits per heavy atom. The molecule has 0 aromatic heterocycles. The second-order valence-corrected chi connectivity index (χ2v) is 9.56. The van der Waals surface area contributed by atoms with Gasteiger partial charge in [0.2, 0.25) is 0 Å². The van der Waals surface area contributed by atoms with E-state index in [1.807, 2.05) is 25.1 Å². The molecule has 0 saturated carbocycles. The van der Waals surface area contributed by atoms with E-state index in [0.29, 0.717) is 33.6 Å². The minimum atomic E-state index is -0.496. The summed E-state index contributed by atoms with van der Waals surface area (Å²) in [4.78, 5) is 17.7. The summed E-state index contributed by atoms with van der Waals surface area (Å²) in [5, 5.41) is 7.11. The van der Waals surface area contributed by atoms with Gasteiger partial charge in [-0.1, -0.05) is 51.8 Å². The molecule has 0 radical (unpaired) electrons. The minimum Gasteiger partial charge on any atom is -0.494 e. The summed E-state index contributed by atoms with van der Waals surface area (Å²) in [5.41, 5.74) is 2.25. The normalized spacial score (nSPS) is 13.4. The summed E-state index contributed by atoms with van der Waals surface area (Å²) in [7, 11) is 1.53. The molecule has 8 heteroatoms. The topological polar surface area (TPSA) is 98.3 Å². The van der Waals surface area contributed by atoms with Crippen molar-refractivity contribution in [2.75, 3.05) is 12.4 Å². The van der Waals surface area contributed by atoms with Crippen molar-refractivity contribution in [2.45, 2.75) is 65.9 Å². The van der Waals surface area contributed by atoms with Crippen molar-refractivity contribution < 1.29 is 14.3 Å². The fourth-order valence-electron chi connectivity index (χ4n) is 3.36. The van der Waals surface area contributed by atoms with E-state index in [1.165, 1.54) is 7.11 Å². The van der Waals surface area contributed by atoms with E-state index in [-0.39, 0.29) is 17.2 Å². The first-order valence-electron chi connectivity index (χ1n) is 11.3. The van der Waals surface area contributed by atoms with Gasteiger partial charge in [0, 0.05) is 5.02 Å². The molecule has 34 heavy (non-hydrogen) atoms. The smallest absolute Gasteiger partial charge is 0.278 e. The van der Waals surface area contributed by atoms with Crippen LogP contribution in [-0.4, -0.2) is 30.5 Å². The number of nitrogens with zero attached hydrogens (tertiary/aromatic N) is 2. The molecule has 3 N–H and O–H groups in total. The average Bonchev–Trinajstić information content (AvgIpc) is 2.75. The van der Waals surface area contributed by atoms with Crippen molar-refractivity contribution in [2.24, 2.45) is 15.9 Å². The second kappa shape index (κ2) is 11.9. The van der Waals surface area contributed by atoms with Crippen molar-refractivity contribution >= 4 is 40.3 Å². The number of amides is 1. The molecular weight excluding hydrogens is 452 g/mol. The van der Waals surface area contributed by atoms with Crippen LogP contribution in [0.4, 0.5) is 11.4 Å². The molecule has 0 bridgehead atoms. The number of hydrogen-bond acceptors (Lipinski definition) is 6. The van der Waals surface area contributed by atoms with E-state index in [4.69, 9.17) is 26.9 Å². The quantitative estimate of drug-likeness (QED) is 0.248. The molecule has 0 aliphatic heterocycles. The number of aliphatic imine (C=N–C) groups is 1. The molecule has 2 rings (SSSR count). The van der Waals surface area contributed by atoms with Crippen molar-refractivity contribution in [3.63, 3.8) is 0 Å². The van der Waals surface area contributed by atoms with Crippen LogP contribution in [0.1, 0.15) is 59.9 Å². The Kier molecular flexibility index (Phi) is 9.50. The molecule has 0 aliphatic rings. The number of carbonyl (C=O) groups is 1.